The first-order valence-corrected chi connectivity index (χ1v) is 7.02. The predicted octanol–water partition coefficient (Wildman–Crippen LogP) is 3.22. The third-order valence-corrected chi connectivity index (χ3v) is 3.77. The number of nitrogens with one attached hydrogen (secondary N) is 1. The highest BCUT2D eigenvalue weighted by Gasteiger charge is 2.33. The summed E-state index contributed by atoms with van der Waals surface area (Å²) < 4.78 is 44.0. The van der Waals surface area contributed by atoms with Gasteiger partial charge >= 0.3 is 6.36 Å². The minimum absolute atomic E-state index is 0.245. The summed E-state index contributed by atoms with van der Waals surface area (Å²) in [5.41, 5.74) is 1.18. The van der Waals surface area contributed by atoms with Gasteiger partial charge in [-0.1, -0.05) is 15.9 Å². The van der Waals surface area contributed by atoms with Crippen molar-refractivity contribution in [1.29, 1.82) is 0 Å². The molecule has 0 unspecified atom stereocenters. The van der Waals surface area contributed by atoms with Crippen molar-refractivity contribution < 1.29 is 17.9 Å². The van der Waals surface area contributed by atoms with Gasteiger partial charge in [0.25, 0.3) is 0 Å². The van der Waals surface area contributed by atoms with Crippen molar-refractivity contribution in [2.75, 3.05) is 13.1 Å². The maximum absolute atomic E-state index is 12.6. The van der Waals surface area contributed by atoms with Gasteiger partial charge in [0, 0.05) is 35.4 Å². The molecule has 21 heavy (non-hydrogen) atoms. The first kappa shape index (κ1) is 14.4. The summed E-state index contributed by atoms with van der Waals surface area (Å²) in [6, 6.07) is 4.54. The lowest BCUT2D eigenvalue weighted by Gasteiger charge is -2.28. The molecule has 0 bridgehead atoms. The van der Waals surface area contributed by atoms with Crippen LogP contribution in [0.2, 0.25) is 0 Å². The highest BCUT2D eigenvalue weighted by Crippen LogP contribution is 2.34. The van der Waals surface area contributed by atoms with Gasteiger partial charge in [0.2, 0.25) is 0 Å². The highest BCUT2D eigenvalue weighted by atomic mass is 79.9. The first-order chi connectivity index (χ1) is 9.94. The van der Waals surface area contributed by atoms with Crippen molar-refractivity contribution in [2.24, 2.45) is 0 Å². The monoisotopic (exact) mass is 361 g/mol. The number of aromatic nitrogens is 2. The lowest BCUT2D eigenvalue weighted by atomic mass is 10.00. The Hall–Kier alpha value is -1.54. The zero-order valence-corrected chi connectivity index (χ0v) is 12.3. The summed E-state index contributed by atoms with van der Waals surface area (Å²) in [5.74, 6) is -0.0155. The molecule has 0 spiro atoms. The summed E-state index contributed by atoms with van der Waals surface area (Å²) in [7, 11) is 0. The predicted molar refractivity (Wildman–Crippen MR) is 73.6 cm³/mol. The van der Waals surface area contributed by atoms with E-state index in [0.717, 1.165) is 18.8 Å². The molecule has 0 atom stereocenters. The van der Waals surface area contributed by atoms with Crippen LogP contribution in [0.4, 0.5) is 13.2 Å². The second-order valence-electron chi connectivity index (χ2n) is 4.70. The molecule has 1 saturated heterocycles. The summed E-state index contributed by atoms with van der Waals surface area (Å²) >= 11 is 3.16. The van der Waals surface area contributed by atoms with Crippen LogP contribution in [0.5, 0.6) is 5.75 Å². The molecule has 0 amide bonds. The molecule has 1 fully saturated rings. The Labute approximate surface area is 127 Å². The smallest absolute Gasteiger partial charge is 0.403 e. The second kappa shape index (κ2) is 5.34. The van der Waals surface area contributed by atoms with E-state index in [1.807, 2.05) is 0 Å². The SMILES string of the molecule is FC(F)(F)Oc1cc(Br)ccc1-n1cncc1C1CNC1. The topological polar surface area (TPSA) is 39.1 Å². The van der Waals surface area contributed by atoms with E-state index in [-0.39, 0.29) is 11.7 Å². The lowest BCUT2D eigenvalue weighted by molar-refractivity contribution is -0.274. The average molecular weight is 362 g/mol. The third kappa shape index (κ3) is 3.06. The normalized spacial score (nSPS) is 15.8. The Bertz CT molecular complexity index is 652. The van der Waals surface area contributed by atoms with Gasteiger partial charge in [0.05, 0.1) is 12.0 Å². The zero-order chi connectivity index (χ0) is 15.0. The van der Waals surface area contributed by atoms with Crippen molar-refractivity contribution in [3.8, 4) is 11.4 Å². The molecule has 1 aliphatic heterocycles. The molecule has 0 radical (unpaired) electrons. The van der Waals surface area contributed by atoms with Crippen LogP contribution in [0.25, 0.3) is 5.69 Å². The fourth-order valence-electron chi connectivity index (χ4n) is 2.20. The van der Waals surface area contributed by atoms with Crippen molar-refractivity contribution in [3.63, 3.8) is 0 Å². The second-order valence-corrected chi connectivity index (χ2v) is 5.62. The molecule has 4 nitrogen and oxygen atoms in total. The fraction of sp³-hybridized carbons (Fsp3) is 0.308. The number of benzene rings is 1. The largest absolute Gasteiger partial charge is 0.573 e. The van der Waals surface area contributed by atoms with Crippen molar-refractivity contribution in [2.45, 2.75) is 12.3 Å². The van der Waals surface area contributed by atoms with Crippen LogP contribution in [0.15, 0.2) is 35.2 Å². The van der Waals surface area contributed by atoms with E-state index in [4.69, 9.17) is 0 Å². The number of nitrogens with zero attached hydrogens (tertiary/aromatic N) is 2. The molecular formula is C13H11BrF3N3O. The van der Waals surface area contributed by atoms with Crippen molar-refractivity contribution >= 4 is 15.9 Å². The molecule has 1 aromatic carbocycles. The number of hydrogen-bond acceptors (Lipinski definition) is 3. The molecule has 8 heteroatoms. The van der Waals surface area contributed by atoms with Gasteiger partial charge in [0.15, 0.2) is 5.75 Å². The van der Waals surface area contributed by atoms with Gasteiger partial charge in [0.1, 0.15) is 0 Å². The Morgan fingerprint density at radius 2 is 2.10 bits per heavy atom. The molecule has 2 heterocycles. The standard InChI is InChI=1S/C13H11BrF3N3O/c14-9-1-2-10(12(3-9)21-13(15,16)17)20-7-19-6-11(20)8-4-18-5-8/h1-3,6-8,18H,4-5H2. The number of alkyl halides is 3. The van der Waals surface area contributed by atoms with Gasteiger partial charge < -0.3 is 10.1 Å². The van der Waals surface area contributed by atoms with Crippen LogP contribution >= 0.6 is 15.9 Å². The summed E-state index contributed by atoms with van der Waals surface area (Å²) in [5, 5.41) is 3.13. The van der Waals surface area contributed by atoms with E-state index in [9.17, 15) is 13.2 Å². The maximum atomic E-state index is 12.6. The summed E-state index contributed by atoms with van der Waals surface area (Å²) in [6.45, 7) is 1.58. The molecule has 0 saturated carbocycles. The van der Waals surface area contributed by atoms with Crippen molar-refractivity contribution in [1.82, 2.24) is 14.9 Å². The first-order valence-electron chi connectivity index (χ1n) is 6.22. The van der Waals surface area contributed by atoms with Crippen LogP contribution in [0.3, 0.4) is 0 Å². The molecule has 1 aliphatic rings. The molecule has 2 aromatic rings. The van der Waals surface area contributed by atoms with Gasteiger partial charge in [-0.3, -0.25) is 4.57 Å². The summed E-state index contributed by atoms with van der Waals surface area (Å²) in [4.78, 5) is 4.05. The molecule has 112 valence electrons. The van der Waals surface area contributed by atoms with Crippen molar-refractivity contribution in [3.05, 3.63) is 40.9 Å². The van der Waals surface area contributed by atoms with E-state index < -0.39 is 6.36 Å². The fourth-order valence-corrected chi connectivity index (χ4v) is 2.54. The number of rotatable bonds is 3. The Kier molecular flexibility index (Phi) is 3.66. The molecule has 0 aliphatic carbocycles. The highest BCUT2D eigenvalue weighted by molar-refractivity contribution is 9.10. The Balaban J connectivity index is 2.03. The van der Waals surface area contributed by atoms with Crippen LogP contribution in [0.1, 0.15) is 11.6 Å². The molecular weight excluding hydrogens is 351 g/mol. The quantitative estimate of drug-likeness (QED) is 0.912. The number of imidazole rings is 1. The number of ether oxygens (including phenoxy) is 1. The van der Waals surface area contributed by atoms with E-state index >= 15 is 0 Å². The molecule has 1 N–H and O–H groups in total. The third-order valence-electron chi connectivity index (χ3n) is 3.27. The van der Waals surface area contributed by atoms with Crippen LogP contribution in [-0.4, -0.2) is 29.0 Å². The van der Waals surface area contributed by atoms with E-state index in [0.29, 0.717) is 10.2 Å². The average Bonchev–Trinajstić information content (AvgIpc) is 2.73. The van der Waals surface area contributed by atoms with E-state index in [1.165, 1.54) is 12.4 Å². The van der Waals surface area contributed by atoms with Crippen LogP contribution in [0, 0.1) is 0 Å². The van der Waals surface area contributed by atoms with Gasteiger partial charge in [-0.05, 0) is 18.2 Å². The van der Waals surface area contributed by atoms with Crippen LogP contribution in [-0.2, 0) is 0 Å². The van der Waals surface area contributed by atoms with E-state index in [2.05, 4.69) is 31.0 Å². The maximum Gasteiger partial charge on any atom is 0.573 e. The van der Waals surface area contributed by atoms with Gasteiger partial charge in [-0.15, -0.1) is 13.2 Å². The minimum atomic E-state index is -4.74. The molecule has 1 aromatic heterocycles. The number of halogens is 4. The van der Waals surface area contributed by atoms with E-state index in [1.54, 1.807) is 22.9 Å². The summed E-state index contributed by atoms with van der Waals surface area (Å²) in [6.07, 6.45) is -1.57. The van der Waals surface area contributed by atoms with Gasteiger partial charge in [-0.25, -0.2) is 4.98 Å². The minimum Gasteiger partial charge on any atom is -0.403 e. The zero-order valence-electron chi connectivity index (χ0n) is 10.7. The van der Waals surface area contributed by atoms with Gasteiger partial charge in [-0.2, -0.15) is 0 Å². The Morgan fingerprint density at radius 1 is 1.33 bits per heavy atom. The lowest BCUT2D eigenvalue weighted by Crippen LogP contribution is -2.40. The number of hydrogen-bond donors (Lipinski definition) is 1. The van der Waals surface area contributed by atoms with Crippen LogP contribution < -0.4 is 10.1 Å². The molecule has 3 rings (SSSR count). The Morgan fingerprint density at radius 3 is 2.71 bits per heavy atom.